The lowest BCUT2D eigenvalue weighted by Gasteiger charge is -2.29. The zero-order valence-corrected chi connectivity index (χ0v) is 24.7. The number of carbonyl (C=O) groups is 5. The number of hydrogen-bond acceptors (Lipinski definition) is 9. The highest BCUT2D eigenvalue weighted by atomic mass is 16.6. The van der Waals surface area contributed by atoms with E-state index in [1.54, 1.807) is 48.8 Å². The topological polar surface area (TPSA) is 155 Å². The van der Waals surface area contributed by atoms with Crippen molar-refractivity contribution < 1.29 is 37.9 Å². The fraction of sp³-hybridized carbons (Fsp3) is 0.484. The average molecular weight is 582 g/mol. The van der Waals surface area contributed by atoms with Crippen molar-refractivity contribution in [2.45, 2.75) is 65.8 Å². The normalized spacial score (nSPS) is 19.8. The number of ether oxygens (including phenoxy) is 2. The van der Waals surface area contributed by atoms with Crippen molar-refractivity contribution in [1.82, 2.24) is 10.3 Å². The molecule has 1 aliphatic heterocycles. The molecular formula is C31H41N4O7+. The smallest absolute Gasteiger partial charge is 0.445 e. The number of likely N-dealkylation sites (tertiary alicyclic amines) is 1. The summed E-state index contributed by atoms with van der Waals surface area (Å²) in [5.41, 5.74) is 7.64. The highest BCUT2D eigenvalue weighted by Crippen LogP contribution is 2.29. The molecule has 3 rings (SSSR count). The summed E-state index contributed by atoms with van der Waals surface area (Å²) in [4.78, 5) is 70.9. The van der Waals surface area contributed by atoms with Crippen molar-refractivity contribution in [2.75, 3.05) is 13.1 Å². The second kappa shape index (κ2) is 14.8. The van der Waals surface area contributed by atoms with Gasteiger partial charge in [-0.25, -0.2) is 9.59 Å². The number of alkyl carbamates (subject to hydrolysis) is 1. The Labute approximate surface area is 246 Å². The van der Waals surface area contributed by atoms with Crippen LogP contribution in [0.3, 0.4) is 0 Å². The minimum absolute atomic E-state index is 0.0212. The van der Waals surface area contributed by atoms with Crippen molar-refractivity contribution >= 4 is 29.7 Å². The lowest BCUT2D eigenvalue weighted by atomic mass is 9.91. The Morgan fingerprint density at radius 2 is 1.52 bits per heavy atom. The molecule has 4 atom stereocenters. The van der Waals surface area contributed by atoms with Crippen molar-refractivity contribution in [3.05, 3.63) is 66.0 Å². The number of rotatable bonds is 12. The Morgan fingerprint density at radius 3 is 2.14 bits per heavy atom. The van der Waals surface area contributed by atoms with E-state index >= 15 is 0 Å². The summed E-state index contributed by atoms with van der Waals surface area (Å²) < 4.78 is 9.80. The first-order chi connectivity index (χ1) is 19.9. The van der Waals surface area contributed by atoms with E-state index in [4.69, 9.17) is 15.2 Å². The minimum atomic E-state index is -1.31. The van der Waals surface area contributed by atoms with Crippen LogP contribution < -0.4 is 11.1 Å². The van der Waals surface area contributed by atoms with E-state index in [0.29, 0.717) is 17.5 Å². The van der Waals surface area contributed by atoms with Crippen LogP contribution in [0.15, 0.2) is 54.9 Å². The number of Topliss-reactive ketones (excluding diaryl/α,β-unsaturated/α-hetero) is 2. The molecule has 1 saturated heterocycles. The maximum atomic E-state index is 13.8. The highest BCUT2D eigenvalue weighted by Gasteiger charge is 2.60. The first-order valence-corrected chi connectivity index (χ1v) is 14.2. The van der Waals surface area contributed by atoms with Crippen LogP contribution in [0.25, 0.3) is 0 Å². The number of nitrogens with zero attached hydrogens (tertiary/aromatic N) is 2. The molecule has 0 aliphatic carbocycles. The molecule has 0 bridgehead atoms. The summed E-state index contributed by atoms with van der Waals surface area (Å²) in [5, 5.41) is 2.59. The molecule has 3 amide bonds. The summed E-state index contributed by atoms with van der Waals surface area (Å²) in [7, 11) is 0. The molecule has 0 radical (unpaired) electrons. The monoisotopic (exact) mass is 581 g/mol. The van der Waals surface area contributed by atoms with Crippen molar-refractivity contribution in [3.8, 4) is 0 Å². The van der Waals surface area contributed by atoms with Crippen LogP contribution in [0.5, 0.6) is 0 Å². The molecule has 0 spiro atoms. The van der Waals surface area contributed by atoms with Gasteiger partial charge in [0.1, 0.15) is 31.7 Å². The molecule has 2 aromatic rings. The largest absolute Gasteiger partial charge is 0.524 e. The third-order valence-electron chi connectivity index (χ3n) is 7.13. The first-order valence-electron chi connectivity index (χ1n) is 14.2. The predicted octanol–water partition coefficient (Wildman–Crippen LogP) is 3.54. The Bertz CT molecular complexity index is 1250. The second-order valence-electron chi connectivity index (χ2n) is 11.6. The molecule has 2 heterocycles. The summed E-state index contributed by atoms with van der Waals surface area (Å²) >= 11 is 0. The average Bonchev–Trinajstić information content (AvgIpc) is 3.32. The molecule has 11 nitrogen and oxygen atoms in total. The molecule has 1 aromatic heterocycles. The van der Waals surface area contributed by atoms with E-state index in [0.717, 1.165) is 0 Å². The molecule has 3 N–H and O–H groups in total. The summed E-state index contributed by atoms with van der Waals surface area (Å²) in [6.45, 7) is 6.42. The molecule has 0 saturated carbocycles. The van der Waals surface area contributed by atoms with Gasteiger partial charge in [0.2, 0.25) is 5.78 Å². The van der Waals surface area contributed by atoms with Gasteiger partial charge in [0.15, 0.2) is 12.3 Å². The van der Waals surface area contributed by atoms with Crippen molar-refractivity contribution in [3.63, 3.8) is 0 Å². The third-order valence-corrected chi connectivity index (χ3v) is 7.13. The fourth-order valence-electron chi connectivity index (χ4n) is 5.04. The van der Waals surface area contributed by atoms with Crippen LogP contribution in [0, 0.1) is 17.8 Å². The second-order valence-corrected chi connectivity index (χ2v) is 11.6. The van der Waals surface area contributed by atoms with E-state index in [2.05, 4.69) is 10.3 Å². The number of carbonyl (C=O) groups excluding carboxylic acids is 5. The van der Waals surface area contributed by atoms with E-state index < -0.39 is 65.2 Å². The summed E-state index contributed by atoms with van der Waals surface area (Å²) in [6.07, 6.45) is 1.89. The molecule has 1 aromatic carbocycles. The van der Waals surface area contributed by atoms with Crippen molar-refractivity contribution in [1.29, 1.82) is 0 Å². The molecule has 42 heavy (non-hydrogen) atoms. The quantitative estimate of drug-likeness (QED) is 0.283. The lowest BCUT2D eigenvalue weighted by Crippen LogP contribution is -2.61. The van der Waals surface area contributed by atoms with Gasteiger partial charge in [0.25, 0.3) is 0 Å². The Morgan fingerprint density at radius 1 is 0.929 bits per heavy atom. The van der Waals surface area contributed by atoms with Gasteiger partial charge < -0.3 is 20.5 Å². The van der Waals surface area contributed by atoms with E-state index in [-0.39, 0.29) is 31.5 Å². The summed E-state index contributed by atoms with van der Waals surface area (Å²) in [6, 6.07) is 10.2. The van der Waals surface area contributed by atoms with Gasteiger partial charge in [-0.05, 0) is 47.9 Å². The third kappa shape index (κ3) is 8.53. The highest BCUT2D eigenvalue weighted by molar-refractivity contribution is 6.08. The number of amides is 3. The van der Waals surface area contributed by atoms with E-state index in [9.17, 15) is 24.0 Å². The lowest BCUT2D eigenvalue weighted by molar-refractivity contribution is -0.767. The van der Waals surface area contributed by atoms with Crippen LogP contribution >= 0.6 is 0 Å². The maximum absolute atomic E-state index is 13.8. The molecule has 2 unspecified atom stereocenters. The molecular weight excluding hydrogens is 540 g/mol. The van der Waals surface area contributed by atoms with Gasteiger partial charge in [-0.3, -0.25) is 14.6 Å². The Balaban J connectivity index is 1.81. The van der Waals surface area contributed by atoms with Crippen LogP contribution in [0.4, 0.5) is 9.59 Å². The van der Waals surface area contributed by atoms with Gasteiger partial charge in [-0.15, -0.1) is 0 Å². The SMILES string of the molecule is CC(C)C[C@H](NC(=O)OCc1ccncc1)C(=O)C1C[N+](C(=O)OCc2ccccc2)(C(=O)[C@@H](N)CC(C)C)CC1=O. The number of quaternary nitrogens is 1. The van der Waals surface area contributed by atoms with E-state index in [1.807, 2.05) is 33.8 Å². The number of nitrogens with two attached hydrogens (primary N) is 1. The standard InChI is InChI=1S/C31H40N4O7/c1-20(2)14-25(32)29(38)35(31(40)42-19-22-8-6-5-7-9-22)16-24(27(36)17-35)28(37)26(15-21(3)4)34-30(39)41-18-23-10-12-33-13-11-23/h5-13,20-21,24-26H,14-19,32H2,1-4H3/p+1/t24?,25-,26-,35?/m0/s1. The van der Waals surface area contributed by atoms with Gasteiger partial charge in [0, 0.05) is 12.4 Å². The van der Waals surface area contributed by atoms with E-state index in [1.165, 1.54) is 0 Å². The number of hydrogen-bond donors (Lipinski definition) is 2. The molecule has 1 aliphatic rings. The Kier molecular flexibility index (Phi) is 11.5. The zero-order chi connectivity index (χ0) is 30.9. The van der Waals surface area contributed by atoms with Crippen LogP contribution in [-0.2, 0) is 37.1 Å². The van der Waals surface area contributed by atoms with Gasteiger partial charge in [-0.1, -0.05) is 58.0 Å². The van der Waals surface area contributed by atoms with Gasteiger partial charge in [0.05, 0.1) is 6.04 Å². The van der Waals surface area contributed by atoms with Crippen molar-refractivity contribution in [2.24, 2.45) is 23.5 Å². The maximum Gasteiger partial charge on any atom is 0.524 e. The van der Waals surface area contributed by atoms with Crippen LogP contribution in [-0.4, -0.2) is 64.3 Å². The molecule has 226 valence electrons. The Hall–Kier alpha value is -3.96. The van der Waals surface area contributed by atoms with Crippen LogP contribution in [0.1, 0.15) is 51.7 Å². The number of benzene rings is 1. The molecule has 1 fully saturated rings. The predicted molar refractivity (Wildman–Crippen MR) is 153 cm³/mol. The number of ketones is 2. The zero-order valence-electron chi connectivity index (χ0n) is 24.7. The first kappa shape index (κ1) is 32.6. The number of aromatic nitrogens is 1. The van der Waals surface area contributed by atoms with Gasteiger partial charge >= 0.3 is 18.1 Å². The number of pyridine rings is 1. The van der Waals surface area contributed by atoms with Gasteiger partial charge in [-0.2, -0.15) is 9.28 Å². The van der Waals surface area contributed by atoms with Crippen LogP contribution in [0.2, 0.25) is 0 Å². The number of imide groups is 1. The minimum Gasteiger partial charge on any atom is -0.445 e. The fourth-order valence-corrected chi connectivity index (χ4v) is 5.04. The summed E-state index contributed by atoms with van der Waals surface area (Å²) in [5.74, 6) is -3.12. The molecule has 11 heteroatoms. The number of nitrogens with one attached hydrogen (secondary N) is 1.